The minimum absolute atomic E-state index is 0.0855. The second-order valence-electron chi connectivity index (χ2n) is 6.45. The Bertz CT molecular complexity index is 814. The molecule has 0 unspecified atom stereocenters. The molecular formula is C21H27F2N3O3. The molecule has 8 heteroatoms. The van der Waals surface area contributed by atoms with Crippen LogP contribution < -0.4 is 24.8 Å². The number of rotatable bonds is 9. The van der Waals surface area contributed by atoms with Crippen molar-refractivity contribution >= 4 is 5.96 Å². The number of hydrogen-bond acceptors (Lipinski definition) is 4. The maximum atomic E-state index is 12.6. The van der Waals surface area contributed by atoms with E-state index in [1.54, 1.807) is 19.2 Å². The first-order valence-corrected chi connectivity index (χ1v) is 9.23. The lowest BCUT2D eigenvalue weighted by atomic mass is 10.2. The highest BCUT2D eigenvalue weighted by Gasteiger charge is 2.12. The van der Waals surface area contributed by atoms with Gasteiger partial charge >= 0.3 is 6.61 Å². The first-order chi connectivity index (χ1) is 13.9. The van der Waals surface area contributed by atoms with Gasteiger partial charge in [-0.1, -0.05) is 12.1 Å². The zero-order valence-electron chi connectivity index (χ0n) is 17.0. The van der Waals surface area contributed by atoms with Crippen molar-refractivity contribution in [2.45, 2.75) is 39.7 Å². The molecule has 2 rings (SSSR count). The summed E-state index contributed by atoms with van der Waals surface area (Å²) in [5, 5.41) is 6.28. The van der Waals surface area contributed by atoms with E-state index < -0.39 is 6.61 Å². The lowest BCUT2D eigenvalue weighted by Crippen LogP contribution is -2.36. The zero-order valence-corrected chi connectivity index (χ0v) is 17.0. The van der Waals surface area contributed by atoms with E-state index in [4.69, 9.17) is 9.47 Å². The number of guanidine groups is 1. The Balaban J connectivity index is 1.99. The molecular weight excluding hydrogens is 380 g/mol. The summed E-state index contributed by atoms with van der Waals surface area (Å²) >= 11 is 0. The van der Waals surface area contributed by atoms with E-state index >= 15 is 0 Å². The van der Waals surface area contributed by atoms with Gasteiger partial charge in [0.1, 0.15) is 17.2 Å². The maximum absolute atomic E-state index is 12.6. The first-order valence-electron chi connectivity index (χ1n) is 9.23. The molecule has 0 aliphatic heterocycles. The molecule has 6 nitrogen and oxygen atoms in total. The van der Waals surface area contributed by atoms with Crippen LogP contribution in [0.1, 0.15) is 25.0 Å². The van der Waals surface area contributed by atoms with Crippen LogP contribution in [0.3, 0.4) is 0 Å². The van der Waals surface area contributed by atoms with E-state index in [1.807, 2.05) is 38.1 Å². The molecule has 0 spiro atoms. The highest BCUT2D eigenvalue weighted by molar-refractivity contribution is 5.79. The summed E-state index contributed by atoms with van der Waals surface area (Å²) in [7, 11) is 3.15. The van der Waals surface area contributed by atoms with Crippen molar-refractivity contribution in [1.29, 1.82) is 0 Å². The van der Waals surface area contributed by atoms with Gasteiger partial charge in [0.25, 0.3) is 0 Å². The van der Waals surface area contributed by atoms with Gasteiger partial charge in [-0.05, 0) is 49.7 Å². The molecule has 0 aliphatic carbocycles. The number of alkyl halides is 2. The molecule has 2 N–H and O–H groups in total. The number of ether oxygens (including phenoxy) is 3. The highest BCUT2D eigenvalue weighted by atomic mass is 19.3. The minimum atomic E-state index is -2.90. The average Bonchev–Trinajstić information content (AvgIpc) is 2.68. The fraction of sp³-hybridized carbons (Fsp3) is 0.381. The van der Waals surface area contributed by atoms with Crippen molar-refractivity contribution in [3.63, 3.8) is 0 Å². The van der Waals surface area contributed by atoms with Crippen LogP contribution in [0.25, 0.3) is 0 Å². The predicted molar refractivity (Wildman–Crippen MR) is 109 cm³/mol. The lowest BCUT2D eigenvalue weighted by Gasteiger charge is -2.16. The summed E-state index contributed by atoms with van der Waals surface area (Å²) in [5.41, 5.74) is 1.55. The third-order valence-electron chi connectivity index (χ3n) is 3.88. The molecule has 2 aromatic carbocycles. The van der Waals surface area contributed by atoms with Crippen molar-refractivity contribution in [2.24, 2.45) is 4.99 Å². The van der Waals surface area contributed by atoms with Crippen LogP contribution in [0.4, 0.5) is 8.78 Å². The van der Waals surface area contributed by atoms with Crippen LogP contribution in [-0.2, 0) is 13.1 Å². The monoisotopic (exact) mass is 407 g/mol. The second-order valence-corrected chi connectivity index (χ2v) is 6.45. The molecule has 0 aromatic heterocycles. The Morgan fingerprint density at radius 3 is 2.41 bits per heavy atom. The standard InChI is InChI=1S/C21H27F2N3O3/c1-14(2)28-18-7-5-6-15(10-18)12-25-21(24-3)26-13-16-11-17(27-4)8-9-19(16)29-20(22)23/h5-11,14,20H,12-13H2,1-4H3,(H2,24,25,26). The molecule has 29 heavy (non-hydrogen) atoms. The van der Waals surface area contributed by atoms with Crippen LogP contribution in [0, 0.1) is 0 Å². The van der Waals surface area contributed by atoms with Gasteiger partial charge < -0.3 is 24.8 Å². The number of nitrogens with zero attached hydrogens (tertiary/aromatic N) is 1. The normalized spacial score (nSPS) is 11.5. The third kappa shape index (κ3) is 7.48. The van der Waals surface area contributed by atoms with E-state index in [2.05, 4.69) is 20.4 Å². The van der Waals surface area contributed by atoms with E-state index in [-0.39, 0.29) is 18.4 Å². The second kappa shape index (κ2) is 11.1. The Kier molecular flexibility index (Phi) is 8.51. The van der Waals surface area contributed by atoms with E-state index in [0.29, 0.717) is 23.8 Å². The largest absolute Gasteiger partial charge is 0.497 e. The van der Waals surface area contributed by atoms with Crippen molar-refractivity contribution in [2.75, 3.05) is 14.2 Å². The highest BCUT2D eigenvalue weighted by Crippen LogP contribution is 2.25. The van der Waals surface area contributed by atoms with Gasteiger partial charge in [-0.2, -0.15) is 8.78 Å². The SMILES string of the molecule is CN=C(NCc1cccc(OC(C)C)c1)NCc1cc(OC)ccc1OC(F)F. The maximum Gasteiger partial charge on any atom is 0.387 e. The number of methoxy groups -OCH3 is 1. The van der Waals surface area contributed by atoms with Crippen LogP contribution in [-0.4, -0.2) is 32.8 Å². The van der Waals surface area contributed by atoms with Gasteiger partial charge in [0.15, 0.2) is 5.96 Å². The molecule has 0 bridgehead atoms. The van der Waals surface area contributed by atoms with Crippen LogP contribution in [0.2, 0.25) is 0 Å². The Labute approximate surface area is 169 Å². The summed E-state index contributed by atoms with van der Waals surface area (Å²) in [6, 6.07) is 12.4. The Morgan fingerprint density at radius 2 is 1.76 bits per heavy atom. The molecule has 0 atom stereocenters. The molecule has 0 radical (unpaired) electrons. The summed E-state index contributed by atoms with van der Waals surface area (Å²) in [5.74, 6) is 1.95. The van der Waals surface area contributed by atoms with Crippen molar-refractivity contribution in [3.8, 4) is 17.2 Å². The van der Waals surface area contributed by atoms with Crippen LogP contribution in [0.5, 0.6) is 17.2 Å². The molecule has 2 aromatic rings. The Morgan fingerprint density at radius 1 is 1.00 bits per heavy atom. The first kappa shape index (κ1) is 22.3. The molecule has 0 amide bonds. The Hall–Kier alpha value is -3.03. The predicted octanol–water partition coefficient (Wildman–Crippen LogP) is 3.95. The van der Waals surface area contributed by atoms with Crippen molar-refractivity contribution < 1.29 is 23.0 Å². The van der Waals surface area contributed by atoms with Gasteiger partial charge in [-0.3, -0.25) is 4.99 Å². The molecule has 0 aliphatic rings. The van der Waals surface area contributed by atoms with Gasteiger partial charge in [0.2, 0.25) is 0 Å². The number of hydrogen-bond donors (Lipinski definition) is 2. The quantitative estimate of drug-likeness (QED) is 0.487. The summed E-state index contributed by atoms with van der Waals surface area (Å²) in [6.45, 7) is 1.80. The van der Waals surface area contributed by atoms with Gasteiger partial charge in [-0.25, -0.2) is 0 Å². The molecule has 0 heterocycles. The van der Waals surface area contributed by atoms with Gasteiger partial charge in [-0.15, -0.1) is 0 Å². The van der Waals surface area contributed by atoms with Crippen molar-refractivity contribution in [3.05, 3.63) is 53.6 Å². The van der Waals surface area contributed by atoms with E-state index in [9.17, 15) is 8.78 Å². The summed E-state index contributed by atoms with van der Waals surface area (Å²) in [6.07, 6.45) is 0.0974. The molecule has 158 valence electrons. The summed E-state index contributed by atoms with van der Waals surface area (Å²) < 4.78 is 40.7. The molecule has 0 saturated heterocycles. The van der Waals surface area contributed by atoms with E-state index in [0.717, 1.165) is 11.3 Å². The van der Waals surface area contributed by atoms with Gasteiger partial charge in [0.05, 0.1) is 13.2 Å². The number of benzene rings is 2. The zero-order chi connectivity index (χ0) is 21.2. The molecule has 0 saturated carbocycles. The fourth-order valence-corrected chi connectivity index (χ4v) is 2.62. The smallest absolute Gasteiger partial charge is 0.387 e. The van der Waals surface area contributed by atoms with Crippen molar-refractivity contribution in [1.82, 2.24) is 10.6 Å². The lowest BCUT2D eigenvalue weighted by molar-refractivity contribution is -0.0505. The topological polar surface area (TPSA) is 64.1 Å². The average molecular weight is 407 g/mol. The van der Waals surface area contributed by atoms with Crippen LogP contribution >= 0.6 is 0 Å². The minimum Gasteiger partial charge on any atom is -0.497 e. The summed E-state index contributed by atoms with van der Waals surface area (Å²) in [4.78, 5) is 4.17. The molecule has 0 fully saturated rings. The fourth-order valence-electron chi connectivity index (χ4n) is 2.62. The third-order valence-corrected chi connectivity index (χ3v) is 3.88. The number of aliphatic imine (C=N–C) groups is 1. The number of nitrogens with one attached hydrogen (secondary N) is 2. The number of halogens is 2. The van der Waals surface area contributed by atoms with E-state index in [1.165, 1.54) is 13.2 Å². The van der Waals surface area contributed by atoms with Gasteiger partial charge in [0, 0.05) is 25.7 Å². The van der Waals surface area contributed by atoms with Crippen LogP contribution in [0.15, 0.2) is 47.5 Å².